The van der Waals surface area contributed by atoms with Crippen LogP contribution >= 0.6 is 11.6 Å². The Morgan fingerprint density at radius 2 is 1.71 bits per heavy atom. The molecule has 166 valence electrons. The number of benzene rings is 2. The van der Waals surface area contributed by atoms with Crippen molar-refractivity contribution in [2.75, 3.05) is 37.6 Å². The van der Waals surface area contributed by atoms with Gasteiger partial charge in [0.15, 0.2) is 12.2 Å². The highest BCUT2D eigenvalue weighted by molar-refractivity contribution is 6.30. The molecule has 1 fully saturated rings. The zero-order chi connectivity index (χ0) is 22.4. The summed E-state index contributed by atoms with van der Waals surface area (Å²) < 4.78 is 13.1. The van der Waals surface area contributed by atoms with E-state index in [0.717, 1.165) is 11.3 Å². The minimum atomic E-state index is -1.86. The number of rotatable bonds is 7. The molecule has 9 heteroatoms. The van der Waals surface area contributed by atoms with Gasteiger partial charge in [-0.05, 0) is 48.4 Å². The molecule has 3 rings (SSSR count). The predicted octanol–water partition coefficient (Wildman–Crippen LogP) is 1.21. The number of halogens is 2. The maximum atomic E-state index is 13.1. The second-order valence-electron chi connectivity index (χ2n) is 7.35. The van der Waals surface area contributed by atoms with Crippen LogP contribution in [0.1, 0.15) is 5.56 Å². The fourth-order valence-corrected chi connectivity index (χ4v) is 3.64. The molecule has 0 bridgehead atoms. The van der Waals surface area contributed by atoms with Gasteiger partial charge >= 0.3 is 0 Å². The van der Waals surface area contributed by atoms with E-state index >= 15 is 0 Å². The number of hydrogen-bond acceptors (Lipinski definition) is 5. The Hall–Kier alpha value is -2.68. The molecule has 1 saturated heterocycles. The lowest BCUT2D eigenvalue weighted by molar-refractivity contribution is -0.153. The summed E-state index contributed by atoms with van der Waals surface area (Å²) in [4.78, 5) is 28.1. The highest BCUT2D eigenvalue weighted by Crippen LogP contribution is 2.17. The van der Waals surface area contributed by atoms with E-state index in [1.807, 2.05) is 11.0 Å². The van der Waals surface area contributed by atoms with E-state index in [-0.39, 0.29) is 12.4 Å². The Bertz CT molecular complexity index is 904. The first-order chi connectivity index (χ1) is 14.8. The molecule has 1 heterocycles. The van der Waals surface area contributed by atoms with E-state index in [9.17, 15) is 24.2 Å². The van der Waals surface area contributed by atoms with Gasteiger partial charge in [-0.2, -0.15) is 0 Å². The number of aliphatic hydroxyl groups excluding tert-OH is 2. The predicted molar refractivity (Wildman–Crippen MR) is 115 cm³/mol. The summed E-state index contributed by atoms with van der Waals surface area (Å²) in [5, 5.41) is 23.4. The zero-order valence-corrected chi connectivity index (χ0v) is 17.6. The van der Waals surface area contributed by atoms with Crippen molar-refractivity contribution in [2.45, 2.75) is 18.6 Å². The van der Waals surface area contributed by atoms with Gasteiger partial charge in [-0.15, -0.1) is 0 Å². The summed E-state index contributed by atoms with van der Waals surface area (Å²) >= 11 is 5.92. The number of nitrogens with one attached hydrogen (secondary N) is 1. The number of anilines is 1. The van der Waals surface area contributed by atoms with Crippen LogP contribution in [0.5, 0.6) is 0 Å². The molecule has 3 N–H and O–H groups in total. The Balaban J connectivity index is 1.45. The summed E-state index contributed by atoms with van der Waals surface area (Å²) in [5.74, 6) is -1.83. The molecule has 31 heavy (non-hydrogen) atoms. The lowest BCUT2D eigenvalue weighted by Crippen LogP contribution is -2.55. The molecule has 1 aliphatic rings. The van der Waals surface area contributed by atoms with Gasteiger partial charge in [0.1, 0.15) is 5.82 Å². The Kier molecular flexibility index (Phi) is 7.84. The molecule has 7 nitrogen and oxygen atoms in total. The smallest absolute Gasteiger partial charge is 0.254 e. The van der Waals surface area contributed by atoms with E-state index in [2.05, 4.69) is 5.32 Å². The van der Waals surface area contributed by atoms with Crippen LogP contribution in [0.4, 0.5) is 10.1 Å². The second kappa shape index (κ2) is 10.6. The monoisotopic (exact) mass is 449 g/mol. The Morgan fingerprint density at radius 3 is 2.35 bits per heavy atom. The third-order valence-corrected chi connectivity index (χ3v) is 5.44. The molecule has 2 aromatic carbocycles. The summed E-state index contributed by atoms with van der Waals surface area (Å²) in [7, 11) is 0. The van der Waals surface area contributed by atoms with Crippen LogP contribution in [0.25, 0.3) is 0 Å². The van der Waals surface area contributed by atoms with Gasteiger partial charge in [-0.3, -0.25) is 9.59 Å². The van der Waals surface area contributed by atoms with Crippen LogP contribution in [0.15, 0.2) is 48.5 Å². The van der Waals surface area contributed by atoms with Gasteiger partial charge in [0.2, 0.25) is 0 Å². The minimum absolute atomic E-state index is 0.230. The van der Waals surface area contributed by atoms with Crippen LogP contribution in [0.3, 0.4) is 0 Å². The van der Waals surface area contributed by atoms with Crippen molar-refractivity contribution in [3.05, 3.63) is 64.9 Å². The number of carbonyl (C=O) groups is 2. The maximum absolute atomic E-state index is 13.1. The van der Waals surface area contributed by atoms with Crippen LogP contribution in [-0.4, -0.2) is 71.9 Å². The molecule has 0 radical (unpaired) electrons. The number of aliphatic hydroxyl groups is 2. The largest absolute Gasteiger partial charge is 0.380 e. The second-order valence-corrected chi connectivity index (χ2v) is 7.79. The van der Waals surface area contributed by atoms with Gasteiger partial charge in [-0.25, -0.2) is 4.39 Å². The van der Waals surface area contributed by atoms with Crippen molar-refractivity contribution in [1.82, 2.24) is 10.2 Å². The lowest BCUT2D eigenvalue weighted by atomic mass is 10.1. The first-order valence-electron chi connectivity index (χ1n) is 10.0. The van der Waals surface area contributed by atoms with Gasteiger partial charge in [-0.1, -0.05) is 23.7 Å². The Labute approximate surface area is 185 Å². The van der Waals surface area contributed by atoms with E-state index in [0.29, 0.717) is 37.6 Å². The summed E-state index contributed by atoms with van der Waals surface area (Å²) in [6.45, 7) is 1.85. The first-order valence-corrected chi connectivity index (χ1v) is 10.4. The van der Waals surface area contributed by atoms with Crippen molar-refractivity contribution in [2.24, 2.45) is 0 Å². The maximum Gasteiger partial charge on any atom is 0.254 e. The van der Waals surface area contributed by atoms with Gasteiger partial charge in [0.25, 0.3) is 11.8 Å². The fraction of sp³-hybridized carbons (Fsp3) is 0.364. The van der Waals surface area contributed by atoms with E-state index in [1.165, 1.54) is 17.0 Å². The molecule has 2 aromatic rings. The van der Waals surface area contributed by atoms with Gasteiger partial charge in [0.05, 0.1) is 0 Å². The molecule has 0 unspecified atom stereocenters. The normalized spacial score (nSPS) is 16.0. The topological polar surface area (TPSA) is 93.1 Å². The number of nitrogens with zero attached hydrogens (tertiary/aromatic N) is 2. The quantitative estimate of drug-likeness (QED) is 0.591. The molecule has 0 aromatic heterocycles. The summed E-state index contributed by atoms with van der Waals surface area (Å²) in [6, 6.07) is 13.3. The van der Waals surface area contributed by atoms with Crippen molar-refractivity contribution < 1.29 is 24.2 Å². The van der Waals surface area contributed by atoms with Gasteiger partial charge in [0, 0.05) is 43.4 Å². The number of hydrogen-bond donors (Lipinski definition) is 3. The molecule has 0 spiro atoms. The molecule has 0 saturated carbocycles. The highest BCUT2D eigenvalue weighted by atomic mass is 35.5. The van der Waals surface area contributed by atoms with Gasteiger partial charge < -0.3 is 25.3 Å². The van der Waals surface area contributed by atoms with Crippen LogP contribution < -0.4 is 10.2 Å². The average Bonchev–Trinajstić information content (AvgIpc) is 2.78. The molecule has 1 aliphatic heterocycles. The van der Waals surface area contributed by atoms with Crippen LogP contribution in [0, 0.1) is 5.82 Å². The molecule has 2 atom stereocenters. The molecular formula is C22H25ClFN3O4. The molecule has 2 amide bonds. The summed E-state index contributed by atoms with van der Waals surface area (Å²) in [5.41, 5.74) is 1.76. The highest BCUT2D eigenvalue weighted by Gasteiger charge is 2.34. The van der Waals surface area contributed by atoms with E-state index < -0.39 is 24.0 Å². The number of carbonyl (C=O) groups excluding carboxylic acids is 2. The third kappa shape index (κ3) is 6.16. The first kappa shape index (κ1) is 23.0. The number of piperazine rings is 1. The fourth-order valence-electron chi connectivity index (χ4n) is 3.43. The van der Waals surface area contributed by atoms with Crippen LogP contribution in [0.2, 0.25) is 5.02 Å². The summed E-state index contributed by atoms with van der Waals surface area (Å²) in [6.07, 6.45) is -3.21. The average molecular weight is 450 g/mol. The van der Waals surface area contributed by atoms with Crippen LogP contribution in [-0.2, 0) is 16.0 Å². The van der Waals surface area contributed by atoms with Crippen molar-refractivity contribution >= 4 is 29.1 Å². The Morgan fingerprint density at radius 1 is 1.03 bits per heavy atom. The minimum Gasteiger partial charge on any atom is -0.380 e. The van der Waals surface area contributed by atoms with Crippen molar-refractivity contribution in [3.8, 4) is 0 Å². The van der Waals surface area contributed by atoms with E-state index in [4.69, 9.17) is 11.6 Å². The third-order valence-electron chi connectivity index (χ3n) is 5.21. The lowest BCUT2D eigenvalue weighted by Gasteiger charge is -2.37. The van der Waals surface area contributed by atoms with E-state index in [1.54, 1.807) is 30.3 Å². The molecular weight excluding hydrogens is 425 g/mol. The zero-order valence-electron chi connectivity index (χ0n) is 16.9. The number of amides is 2. The van der Waals surface area contributed by atoms with Crippen molar-refractivity contribution in [3.63, 3.8) is 0 Å². The SMILES string of the molecule is O=C(NCCc1cccc(Cl)c1)[C@H](O)[C@@H](O)C(=O)N1CCN(c2ccc(F)cc2)CC1. The standard InChI is InChI=1S/C22H25ClFN3O4/c23-16-3-1-2-15(14-16)8-9-25-21(30)19(28)20(29)22(31)27-12-10-26(11-13-27)18-6-4-17(24)5-7-18/h1-7,14,19-20,28-29H,8-13H2,(H,25,30)/t19-,20-/m1/s1. The van der Waals surface area contributed by atoms with Crippen molar-refractivity contribution in [1.29, 1.82) is 0 Å². The molecule has 0 aliphatic carbocycles.